The molecule has 4 N–H and O–H groups in total. The summed E-state index contributed by atoms with van der Waals surface area (Å²) in [6.45, 7) is 1.85. The summed E-state index contributed by atoms with van der Waals surface area (Å²) < 4.78 is 0. The van der Waals surface area contributed by atoms with E-state index in [0.29, 0.717) is 30.9 Å². The summed E-state index contributed by atoms with van der Waals surface area (Å²) in [5, 5.41) is 0.728. The van der Waals surface area contributed by atoms with Gasteiger partial charge in [0.25, 0.3) is 0 Å². The molecule has 3 amide bonds. The normalized spacial score (nSPS) is 23.5. The summed E-state index contributed by atoms with van der Waals surface area (Å²) >= 11 is 6.21. The van der Waals surface area contributed by atoms with Gasteiger partial charge in [0.1, 0.15) is 0 Å². The molecule has 31 heavy (non-hydrogen) atoms. The van der Waals surface area contributed by atoms with Gasteiger partial charge in [-0.1, -0.05) is 29.8 Å². The molecule has 0 spiro atoms. The Morgan fingerprint density at radius 2 is 1.81 bits per heavy atom. The van der Waals surface area contributed by atoms with Gasteiger partial charge in [-0.15, -0.1) is 12.4 Å². The summed E-state index contributed by atoms with van der Waals surface area (Å²) in [6.07, 6.45) is 3.67. The molecular formula is C23H28Cl2N4O2. The Bertz CT molecular complexity index is 960. The second-order valence-electron chi connectivity index (χ2n) is 8.27. The predicted molar refractivity (Wildman–Crippen MR) is 126 cm³/mol. The van der Waals surface area contributed by atoms with E-state index in [2.05, 4.69) is 6.07 Å². The van der Waals surface area contributed by atoms with Gasteiger partial charge in [0.15, 0.2) is 0 Å². The fourth-order valence-electron chi connectivity index (χ4n) is 4.86. The molecule has 2 aromatic carbocycles. The van der Waals surface area contributed by atoms with Crippen LogP contribution in [0.2, 0.25) is 5.02 Å². The van der Waals surface area contributed by atoms with Gasteiger partial charge in [0.05, 0.1) is 0 Å². The summed E-state index contributed by atoms with van der Waals surface area (Å²) in [4.78, 5) is 28.3. The van der Waals surface area contributed by atoms with Gasteiger partial charge in [-0.05, 0) is 61.6 Å². The molecule has 8 heteroatoms. The molecule has 0 aromatic heterocycles. The second-order valence-corrected chi connectivity index (χ2v) is 8.70. The Balaban J connectivity index is 0.00000272. The van der Waals surface area contributed by atoms with Gasteiger partial charge in [0.2, 0.25) is 5.91 Å². The lowest BCUT2D eigenvalue weighted by Gasteiger charge is -2.42. The van der Waals surface area contributed by atoms with E-state index >= 15 is 0 Å². The highest BCUT2D eigenvalue weighted by molar-refractivity contribution is 6.30. The molecule has 0 atom stereocenters. The summed E-state index contributed by atoms with van der Waals surface area (Å²) in [5.74, 6) is -0.494. The van der Waals surface area contributed by atoms with Crippen molar-refractivity contribution in [3.8, 4) is 0 Å². The first-order chi connectivity index (χ1) is 14.4. The fraction of sp³-hybridized carbons (Fsp3) is 0.391. The van der Waals surface area contributed by atoms with E-state index in [4.69, 9.17) is 23.1 Å². The van der Waals surface area contributed by atoms with E-state index < -0.39 is 5.91 Å². The standard InChI is InChI=1S/C23H27ClN4O2.ClH/c24-18-5-2-4-17(14-18)23(15-25)9-7-19(8-10-23)27-11-12-28(22(27)30)20-6-1-3-16(13-20)21(26)29;/h1-6,13-14,19H,7-12,15,25H2,(H2,26,29);1H/t19-,23+;. The summed E-state index contributed by atoms with van der Waals surface area (Å²) in [5.41, 5.74) is 13.8. The van der Waals surface area contributed by atoms with Crippen LogP contribution in [0.25, 0.3) is 0 Å². The second kappa shape index (κ2) is 9.47. The highest BCUT2D eigenvalue weighted by Crippen LogP contribution is 2.41. The summed E-state index contributed by atoms with van der Waals surface area (Å²) in [7, 11) is 0. The van der Waals surface area contributed by atoms with E-state index in [1.54, 1.807) is 23.1 Å². The number of primary amides is 1. The van der Waals surface area contributed by atoms with Gasteiger partial charge >= 0.3 is 6.03 Å². The molecule has 1 saturated carbocycles. The molecule has 2 aliphatic rings. The molecule has 1 heterocycles. The van der Waals surface area contributed by atoms with Crippen molar-refractivity contribution < 1.29 is 9.59 Å². The van der Waals surface area contributed by atoms with E-state index in [1.165, 1.54) is 5.56 Å². The Morgan fingerprint density at radius 3 is 2.45 bits per heavy atom. The number of urea groups is 1. The number of anilines is 1. The lowest BCUT2D eigenvalue weighted by atomic mass is 9.68. The minimum absolute atomic E-state index is 0. The van der Waals surface area contributed by atoms with Crippen molar-refractivity contribution >= 4 is 41.6 Å². The zero-order chi connectivity index (χ0) is 21.3. The molecule has 2 fully saturated rings. The van der Waals surface area contributed by atoms with Gasteiger partial charge in [0, 0.05) is 47.4 Å². The Labute approximate surface area is 193 Å². The minimum atomic E-state index is -0.494. The first kappa shape index (κ1) is 23.4. The molecule has 4 rings (SSSR count). The monoisotopic (exact) mass is 462 g/mol. The van der Waals surface area contributed by atoms with E-state index in [-0.39, 0.29) is 29.9 Å². The number of nitrogens with two attached hydrogens (primary N) is 2. The van der Waals surface area contributed by atoms with Crippen LogP contribution < -0.4 is 16.4 Å². The third-order valence-electron chi connectivity index (χ3n) is 6.66. The Hall–Kier alpha value is -2.28. The van der Waals surface area contributed by atoms with Gasteiger partial charge in [-0.25, -0.2) is 4.79 Å². The van der Waals surface area contributed by atoms with Crippen molar-refractivity contribution in [2.45, 2.75) is 37.1 Å². The summed E-state index contributed by atoms with van der Waals surface area (Å²) in [6, 6.07) is 15.1. The number of halogens is 2. The van der Waals surface area contributed by atoms with E-state index in [1.807, 2.05) is 29.2 Å². The third-order valence-corrected chi connectivity index (χ3v) is 6.90. The highest BCUT2D eigenvalue weighted by Gasteiger charge is 2.41. The maximum Gasteiger partial charge on any atom is 0.324 e. The maximum absolute atomic E-state index is 13.1. The lowest BCUT2D eigenvalue weighted by Crippen LogP contribution is -2.46. The molecule has 0 unspecified atom stereocenters. The van der Waals surface area contributed by atoms with Crippen molar-refractivity contribution in [3.05, 3.63) is 64.7 Å². The number of hydrogen-bond donors (Lipinski definition) is 2. The molecule has 166 valence electrons. The maximum atomic E-state index is 13.1. The minimum Gasteiger partial charge on any atom is -0.366 e. The van der Waals surface area contributed by atoms with Crippen LogP contribution in [0.1, 0.15) is 41.6 Å². The largest absolute Gasteiger partial charge is 0.366 e. The lowest BCUT2D eigenvalue weighted by molar-refractivity contribution is 0.1000. The molecule has 1 aliphatic heterocycles. The smallest absolute Gasteiger partial charge is 0.324 e. The molecule has 6 nitrogen and oxygen atoms in total. The van der Waals surface area contributed by atoms with Crippen LogP contribution in [-0.4, -0.2) is 42.5 Å². The SMILES string of the molecule is Cl.NC[C@]1(c2cccc(Cl)c2)CC[C@@H](N2CCN(c3cccc(C(N)=O)c3)C2=O)CC1. The van der Waals surface area contributed by atoms with Crippen LogP contribution in [-0.2, 0) is 5.41 Å². The molecule has 1 saturated heterocycles. The van der Waals surface area contributed by atoms with Gasteiger partial charge in [-0.2, -0.15) is 0 Å². The van der Waals surface area contributed by atoms with Crippen LogP contribution in [0.5, 0.6) is 0 Å². The number of carbonyl (C=O) groups is 2. The number of hydrogen-bond acceptors (Lipinski definition) is 3. The average Bonchev–Trinajstić information content (AvgIpc) is 3.15. The zero-order valence-electron chi connectivity index (χ0n) is 17.3. The van der Waals surface area contributed by atoms with Crippen molar-refractivity contribution in [1.82, 2.24) is 4.90 Å². The Morgan fingerprint density at radius 1 is 1.10 bits per heavy atom. The molecule has 0 radical (unpaired) electrons. The van der Waals surface area contributed by atoms with Gasteiger partial charge < -0.3 is 16.4 Å². The molecule has 1 aliphatic carbocycles. The molecule has 0 bridgehead atoms. The fourth-order valence-corrected chi connectivity index (χ4v) is 5.05. The highest BCUT2D eigenvalue weighted by atomic mass is 35.5. The Kier molecular flexibility index (Phi) is 7.14. The van der Waals surface area contributed by atoms with E-state index in [0.717, 1.165) is 30.7 Å². The van der Waals surface area contributed by atoms with Crippen LogP contribution in [0, 0.1) is 0 Å². The van der Waals surface area contributed by atoms with Gasteiger partial charge in [-0.3, -0.25) is 9.69 Å². The number of nitrogens with zero attached hydrogens (tertiary/aromatic N) is 2. The van der Waals surface area contributed by atoms with Crippen molar-refractivity contribution in [2.24, 2.45) is 11.5 Å². The quantitative estimate of drug-likeness (QED) is 0.704. The number of amides is 3. The number of benzene rings is 2. The number of rotatable bonds is 5. The first-order valence-electron chi connectivity index (χ1n) is 10.4. The average molecular weight is 463 g/mol. The predicted octanol–water partition coefficient (Wildman–Crippen LogP) is 3.94. The zero-order valence-corrected chi connectivity index (χ0v) is 18.9. The topological polar surface area (TPSA) is 92.7 Å². The van der Waals surface area contributed by atoms with Crippen molar-refractivity contribution in [2.75, 3.05) is 24.5 Å². The van der Waals surface area contributed by atoms with Crippen LogP contribution >= 0.6 is 24.0 Å². The molecule has 2 aromatic rings. The molecular weight excluding hydrogens is 435 g/mol. The van der Waals surface area contributed by atoms with Crippen molar-refractivity contribution in [3.63, 3.8) is 0 Å². The first-order valence-corrected chi connectivity index (χ1v) is 10.8. The van der Waals surface area contributed by atoms with Crippen molar-refractivity contribution in [1.29, 1.82) is 0 Å². The van der Waals surface area contributed by atoms with Crippen LogP contribution in [0.4, 0.5) is 10.5 Å². The third kappa shape index (κ3) is 4.52. The van der Waals surface area contributed by atoms with E-state index in [9.17, 15) is 9.59 Å². The number of carbonyl (C=O) groups excluding carboxylic acids is 2. The van der Waals surface area contributed by atoms with Crippen LogP contribution in [0.3, 0.4) is 0 Å². The van der Waals surface area contributed by atoms with Crippen LogP contribution in [0.15, 0.2) is 48.5 Å².